The lowest BCUT2D eigenvalue weighted by molar-refractivity contribution is 1.05. The van der Waals surface area contributed by atoms with E-state index in [1.165, 1.54) is 11.1 Å². The van der Waals surface area contributed by atoms with Crippen molar-refractivity contribution in [3.63, 3.8) is 0 Å². The Morgan fingerprint density at radius 3 is 2.73 bits per heavy atom. The molecular weight excluding hydrogens is 134 g/mol. The minimum Gasteiger partial charge on any atom is -0.293 e. The van der Waals surface area contributed by atoms with Crippen LogP contribution < -0.4 is 0 Å². The molecule has 0 aliphatic rings. The summed E-state index contributed by atoms with van der Waals surface area (Å²) in [5.41, 5.74) is 2.63. The number of hydrogen-bond donors (Lipinski definition) is 0. The first-order chi connectivity index (χ1) is 5.34. The van der Waals surface area contributed by atoms with Crippen molar-refractivity contribution in [2.24, 2.45) is 4.99 Å². The molecule has 0 amide bonds. The van der Waals surface area contributed by atoms with Crippen molar-refractivity contribution in [1.29, 1.82) is 0 Å². The first-order valence-electron chi connectivity index (χ1n) is 3.83. The molecule has 0 unspecified atom stereocenters. The molecular formula is C10H13N. The quantitative estimate of drug-likeness (QED) is 0.570. The van der Waals surface area contributed by atoms with E-state index in [2.05, 4.69) is 30.1 Å². The van der Waals surface area contributed by atoms with Crippen molar-refractivity contribution in [2.75, 3.05) is 0 Å². The number of nitrogens with zero attached hydrogens (tertiary/aromatic N) is 1. The van der Waals surface area contributed by atoms with Crippen LogP contribution in [0.5, 0.6) is 0 Å². The van der Waals surface area contributed by atoms with Gasteiger partial charge in [-0.25, -0.2) is 0 Å². The zero-order valence-electron chi connectivity index (χ0n) is 7.04. The second-order valence-corrected chi connectivity index (χ2v) is 2.53. The molecule has 11 heavy (non-hydrogen) atoms. The van der Waals surface area contributed by atoms with Crippen LogP contribution in [0.25, 0.3) is 0 Å². The molecule has 1 heteroatoms. The molecule has 0 N–H and O–H groups in total. The molecule has 0 heterocycles. The highest BCUT2D eigenvalue weighted by Gasteiger charge is 1.92. The van der Waals surface area contributed by atoms with Crippen LogP contribution in [0, 0.1) is 6.92 Å². The Balaban J connectivity index is 2.77. The van der Waals surface area contributed by atoms with E-state index < -0.39 is 0 Å². The van der Waals surface area contributed by atoms with Crippen LogP contribution in [0.4, 0.5) is 0 Å². The SMILES string of the molecule is CC=NCc1ccccc1C. The van der Waals surface area contributed by atoms with E-state index in [9.17, 15) is 0 Å². The maximum absolute atomic E-state index is 4.18. The van der Waals surface area contributed by atoms with Gasteiger partial charge in [-0.1, -0.05) is 24.3 Å². The molecule has 0 bridgehead atoms. The van der Waals surface area contributed by atoms with Gasteiger partial charge in [0.05, 0.1) is 6.54 Å². The van der Waals surface area contributed by atoms with Crippen LogP contribution in [0.15, 0.2) is 29.3 Å². The predicted molar refractivity (Wildman–Crippen MR) is 49.0 cm³/mol. The molecule has 0 atom stereocenters. The van der Waals surface area contributed by atoms with E-state index in [4.69, 9.17) is 0 Å². The fourth-order valence-corrected chi connectivity index (χ4v) is 0.977. The van der Waals surface area contributed by atoms with Crippen molar-refractivity contribution < 1.29 is 0 Å². The second-order valence-electron chi connectivity index (χ2n) is 2.53. The standard InChI is InChI=1S/C10H13N/c1-3-11-8-10-7-5-4-6-9(10)2/h3-7H,8H2,1-2H3. The monoisotopic (exact) mass is 147 g/mol. The van der Waals surface area contributed by atoms with E-state index in [1.807, 2.05) is 19.2 Å². The van der Waals surface area contributed by atoms with Crippen molar-refractivity contribution in [3.8, 4) is 0 Å². The fraction of sp³-hybridized carbons (Fsp3) is 0.300. The normalized spacial score (nSPS) is 10.7. The Bertz CT molecular complexity index is 251. The summed E-state index contributed by atoms with van der Waals surface area (Å²) in [7, 11) is 0. The van der Waals surface area contributed by atoms with Gasteiger partial charge >= 0.3 is 0 Å². The maximum atomic E-state index is 4.18. The Kier molecular flexibility index (Phi) is 2.84. The lowest BCUT2D eigenvalue weighted by Gasteiger charge is -1.99. The van der Waals surface area contributed by atoms with Gasteiger partial charge in [0.15, 0.2) is 0 Å². The highest BCUT2D eigenvalue weighted by molar-refractivity contribution is 5.53. The Morgan fingerprint density at radius 1 is 1.36 bits per heavy atom. The maximum Gasteiger partial charge on any atom is 0.0638 e. The van der Waals surface area contributed by atoms with E-state index in [-0.39, 0.29) is 0 Å². The van der Waals surface area contributed by atoms with Crippen LogP contribution in [-0.4, -0.2) is 6.21 Å². The second kappa shape index (κ2) is 3.91. The van der Waals surface area contributed by atoms with Gasteiger partial charge in [0, 0.05) is 0 Å². The summed E-state index contributed by atoms with van der Waals surface area (Å²) in [4.78, 5) is 4.18. The van der Waals surface area contributed by atoms with Crippen LogP contribution in [0.1, 0.15) is 18.1 Å². The van der Waals surface area contributed by atoms with Gasteiger partial charge < -0.3 is 0 Å². The molecule has 1 aromatic carbocycles. The van der Waals surface area contributed by atoms with E-state index in [1.54, 1.807) is 0 Å². The molecule has 0 radical (unpaired) electrons. The van der Waals surface area contributed by atoms with Gasteiger partial charge in [0.2, 0.25) is 0 Å². The average Bonchev–Trinajstić information content (AvgIpc) is 2.03. The summed E-state index contributed by atoms with van der Waals surface area (Å²) < 4.78 is 0. The topological polar surface area (TPSA) is 12.4 Å². The lowest BCUT2D eigenvalue weighted by atomic mass is 10.1. The van der Waals surface area contributed by atoms with Crippen LogP contribution in [0.2, 0.25) is 0 Å². The molecule has 1 aromatic rings. The average molecular weight is 147 g/mol. The third kappa shape index (κ3) is 2.19. The molecule has 0 spiro atoms. The summed E-state index contributed by atoms with van der Waals surface area (Å²) in [6, 6.07) is 8.32. The van der Waals surface area contributed by atoms with Gasteiger partial charge in [-0.05, 0) is 31.2 Å². The molecule has 0 aromatic heterocycles. The van der Waals surface area contributed by atoms with E-state index in [0.29, 0.717) is 0 Å². The Hall–Kier alpha value is -1.11. The lowest BCUT2D eigenvalue weighted by Crippen LogP contribution is -1.85. The molecule has 0 fully saturated rings. The van der Waals surface area contributed by atoms with Crippen LogP contribution in [-0.2, 0) is 6.54 Å². The number of aryl methyl sites for hydroxylation is 1. The molecule has 1 rings (SSSR count). The zero-order valence-corrected chi connectivity index (χ0v) is 7.04. The van der Waals surface area contributed by atoms with Gasteiger partial charge in [-0.3, -0.25) is 4.99 Å². The van der Waals surface area contributed by atoms with E-state index >= 15 is 0 Å². The zero-order chi connectivity index (χ0) is 8.10. The molecule has 0 aliphatic heterocycles. The highest BCUT2D eigenvalue weighted by atomic mass is 14.7. The fourth-order valence-electron chi connectivity index (χ4n) is 0.977. The number of benzene rings is 1. The highest BCUT2D eigenvalue weighted by Crippen LogP contribution is 2.07. The van der Waals surface area contributed by atoms with Gasteiger partial charge in [0.25, 0.3) is 0 Å². The predicted octanol–water partition coefficient (Wildman–Crippen LogP) is 2.59. The van der Waals surface area contributed by atoms with Gasteiger partial charge in [-0.2, -0.15) is 0 Å². The number of aliphatic imine (C=N–C) groups is 1. The van der Waals surface area contributed by atoms with Crippen molar-refractivity contribution >= 4 is 6.21 Å². The van der Waals surface area contributed by atoms with Crippen LogP contribution in [0.3, 0.4) is 0 Å². The third-order valence-electron chi connectivity index (χ3n) is 1.71. The summed E-state index contributed by atoms with van der Waals surface area (Å²) in [6.45, 7) is 4.86. The summed E-state index contributed by atoms with van der Waals surface area (Å²) in [5.74, 6) is 0. The molecule has 58 valence electrons. The smallest absolute Gasteiger partial charge is 0.0638 e. The van der Waals surface area contributed by atoms with Crippen molar-refractivity contribution in [3.05, 3.63) is 35.4 Å². The first kappa shape index (κ1) is 7.99. The summed E-state index contributed by atoms with van der Waals surface area (Å²) >= 11 is 0. The largest absolute Gasteiger partial charge is 0.293 e. The molecule has 0 saturated heterocycles. The minimum atomic E-state index is 0.809. The summed E-state index contributed by atoms with van der Waals surface area (Å²) in [5, 5.41) is 0. The van der Waals surface area contributed by atoms with E-state index in [0.717, 1.165) is 6.54 Å². The first-order valence-corrected chi connectivity index (χ1v) is 3.83. The molecule has 0 saturated carbocycles. The minimum absolute atomic E-state index is 0.809. The number of hydrogen-bond acceptors (Lipinski definition) is 1. The Labute approximate surface area is 67.8 Å². The number of rotatable bonds is 2. The van der Waals surface area contributed by atoms with Gasteiger partial charge in [-0.15, -0.1) is 0 Å². The van der Waals surface area contributed by atoms with Crippen LogP contribution >= 0.6 is 0 Å². The molecule has 0 aliphatic carbocycles. The third-order valence-corrected chi connectivity index (χ3v) is 1.71. The van der Waals surface area contributed by atoms with Gasteiger partial charge in [0.1, 0.15) is 0 Å². The van der Waals surface area contributed by atoms with Crippen molar-refractivity contribution in [1.82, 2.24) is 0 Å². The summed E-state index contributed by atoms with van der Waals surface area (Å²) in [6.07, 6.45) is 1.84. The van der Waals surface area contributed by atoms with Crippen molar-refractivity contribution in [2.45, 2.75) is 20.4 Å². The molecule has 1 nitrogen and oxygen atoms in total. The Morgan fingerprint density at radius 2 is 2.09 bits per heavy atom.